The molecule has 3 N–H and O–H groups in total. The van der Waals surface area contributed by atoms with Crippen LogP contribution in [0.4, 0.5) is 11.4 Å². The number of benzene rings is 2. The van der Waals surface area contributed by atoms with Gasteiger partial charge in [-0.15, -0.1) is 0 Å². The maximum atomic E-state index is 12.4. The Morgan fingerprint density at radius 3 is 2.29 bits per heavy atom. The van der Waals surface area contributed by atoms with Gasteiger partial charge >= 0.3 is 0 Å². The predicted octanol–water partition coefficient (Wildman–Crippen LogP) is 2.55. The van der Waals surface area contributed by atoms with Gasteiger partial charge in [-0.25, -0.2) is 0 Å². The Bertz CT molecular complexity index is 831. The summed E-state index contributed by atoms with van der Waals surface area (Å²) in [5, 5.41) is 2.91. The van der Waals surface area contributed by atoms with Crippen molar-refractivity contribution in [3.63, 3.8) is 0 Å². The standard InChI is InChI=1S/C17H14ClN3O3/c1-9(15(22)20-14-8-10(19)6-7-13(14)18)21-16(23)11-4-2-3-5-12(11)17(21)24/h2-9H,19H2,1H3,(H,20,22). The van der Waals surface area contributed by atoms with Gasteiger partial charge in [-0.1, -0.05) is 23.7 Å². The van der Waals surface area contributed by atoms with E-state index in [1.165, 1.54) is 13.0 Å². The van der Waals surface area contributed by atoms with Crippen molar-refractivity contribution in [2.24, 2.45) is 0 Å². The van der Waals surface area contributed by atoms with Gasteiger partial charge in [0.2, 0.25) is 5.91 Å². The monoisotopic (exact) mass is 343 g/mol. The van der Waals surface area contributed by atoms with E-state index in [4.69, 9.17) is 17.3 Å². The van der Waals surface area contributed by atoms with Crippen molar-refractivity contribution < 1.29 is 14.4 Å². The van der Waals surface area contributed by atoms with Crippen molar-refractivity contribution in [3.05, 3.63) is 58.6 Å². The minimum absolute atomic E-state index is 0.295. The normalized spacial score (nSPS) is 14.5. The highest BCUT2D eigenvalue weighted by molar-refractivity contribution is 6.34. The third kappa shape index (κ3) is 2.61. The number of hydrogen-bond donors (Lipinski definition) is 2. The molecule has 0 saturated carbocycles. The van der Waals surface area contributed by atoms with Gasteiger partial charge in [0.25, 0.3) is 11.8 Å². The molecule has 0 aliphatic carbocycles. The molecule has 6 nitrogen and oxygen atoms in total. The Balaban J connectivity index is 1.83. The van der Waals surface area contributed by atoms with E-state index in [9.17, 15) is 14.4 Å². The summed E-state index contributed by atoms with van der Waals surface area (Å²) in [6, 6.07) is 10.1. The lowest BCUT2D eigenvalue weighted by atomic mass is 10.1. The summed E-state index contributed by atoms with van der Waals surface area (Å²) in [6.07, 6.45) is 0. The van der Waals surface area contributed by atoms with Gasteiger partial charge in [0, 0.05) is 5.69 Å². The largest absolute Gasteiger partial charge is 0.399 e. The van der Waals surface area contributed by atoms with Crippen LogP contribution >= 0.6 is 11.6 Å². The lowest BCUT2D eigenvalue weighted by molar-refractivity contribution is -0.119. The molecule has 3 rings (SSSR count). The first-order valence-electron chi connectivity index (χ1n) is 7.23. The molecule has 3 amide bonds. The van der Waals surface area contributed by atoms with Gasteiger partial charge in [-0.3, -0.25) is 19.3 Å². The summed E-state index contributed by atoms with van der Waals surface area (Å²) in [5.41, 5.74) is 7.02. The molecule has 1 unspecified atom stereocenters. The second-order valence-electron chi connectivity index (χ2n) is 5.43. The molecule has 122 valence electrons. The fourth-order valence-corrected chi connectivity index (χ4v) is 2.72. The Labute approximate surface area is 143 Å². The van der Waals surface area contributed by atoms with E-state index in [1.807, 2.05) is 0 Å². The first kappa shape index (κ1) is 16.0. The highest BCUT2D eigenvalue weighted by atomic mass is 35.5. The van der Waals surface area contributed by atoms with Crippen molar-refractivity contribution in [1.82, 2.24) is 4.90 Å². The number of hydrogen-bond acceptors (Lipinski definition) is 4. The predicted molar refractivity (Wildman–Crippen MR) is 90.9 cm³/mol. The topological polar surface area (TPSA) is 92.5 Å². The van der Waals surface area contributed by atoms with Crippen LogP contribution in [0.25, 0.3) is 0 Å². The molecule has 0 fully saturated rings. The summed E-state index contributed by atoms with van der Waals surface area (Å²) in [7, 11) is 0. The Hall–Kier alpha value is -2.86. The molecule has 2 aromatic carbocycles. The number of anilines is 2. The number of carbonyl (C=O) groups is 3. The molecule has 0 aromatic heterocycles. The number of halogens is 1. The molecule has 24 heavy (non-hydrogen) atoms. The highest BCUT2D eigenvalue weighted by Gasteiger charge is 2.40. The molecule has 1 atom stereocenters. The molecule has 1 aliphatic rings. The molecule has 0 spiro atoms. The number of amides is 3. The number of carbonyl (C=O) groups excluding carboxylic acids is 3. The number of rotatable bonds is 3. The van der Waals surface area contributed by atoms with E-state index in [0.29, 0.717) is 27.5 Å². The zero-order valence-electron chi connectivity index (χ0n) is 12.7. The smallest absolute Gasteiger partial charge is 0.262 e. The van der Waals surface area contributed by atoms with E-state index in [0.717, 1.165) is 4.90 Å². The first-order valence-corrected chi connectivity index (χ1v) is 7.60. The maximum Gasteiger partial charge on any atom is 0.262 e. The summed E-state index contributed by atoms with van der Waals surface area (Å²) < 4.78 is 0. The van der Waals surface area contributed by atoms with Crippen LogP contribution in [0.5, 0.6) is 0 Å². The second kappa shape index (κ2) is 5.98. The molecule has 0 bridgehead atoms. The van der Waals surface area contributed by atoms with Crippen molar-refractivity contribution >= 4 is 40.7 Å². The second-order valence-corrected chi connectivity index (χ2v) is 5.84. The third-order valence-electron chi connectivity index (χ3n) is 3.84. The van der Waals surface area contributed by atoms with Crippen molar-refractivity contribution in [3.8, 4) is 0 Å². The number of nitrogen functional groups attached to an aromatic ring is 1. The summed E-state index contributed by atoms with van der Waals surface area (Å²) in [5.74, 6) is -1.51. The van der Waals surface area contributed by atoms with Crippen molar-refractivity contribution in [2.45, 2.75) is 13.0 Å². The van der Waals surface area contributed by atoms with Crippen LogP contribution in [0.15, 0.2) is 42.5 Å². The number of nitrogens with zero attached hydrogens (tertiary/aromatic N) is 1. The number of nitrogens with two attached hydrogens (primary N) is 1. The van der Waals surface area contributed by atoms with E-state index in [1.54, 1.807) is 36.4 Å². The molecule has 0 saturated heterocycles. The van der Waals surface area contributed by atoms with Crippen LogP contribution in [-0.2, 0) is 4.79 Å². The lowest BCUT2D eigenvalue weighted by Crippen LogP contribution is -2.45. The first-order chi connectivity index (χ1) is 11.4. The van der Waals surface area contributed by atoms with Gasteiger partial charge in [0.05, 0.1) is 21.8 Å². The molecule has 1 aliphatic heterocycles. The Kier molecular flexibility index (Phi) is 3.99. The van der Waals surface area contributed by atoms with Gasteiger partial charge in [0.15, 0.2) is 0 Å². The quantitative estimate of drug-likeness (QED) is 0.661. The van der Waals surface area contributed by atoms with Crippen molar-refractivity contribution in [2.75, 3.05) is 11.1 Å². The molecule has 2 aromatic rings. The average Bonchev–Trinajstić information content (AvgIpc) is 2.82. The van der Waals surface area contributed by atoms with E-state index < -0.39 is 23.8 Å². The maximum absolute atomic E-state index is 12.4. The molecular formula is C17H14ClN3O3. The van der Waals surface area contributed by atoms with Crippen LogP contribution in [-0.4, -0.2) is 28.7 Å². The number of nitrogens with one attached hydrogen (secondary N) is 1. The van der Waals surface area contributed by atoms with Crippen LogP contribution in [0, 0.1) is 0 Å². The van der Waals surface area contributed by atoms with Crippen LogP contribution < -0.4 is 11.1 Å². The highest BCUT2D eigenvalue weighted by Crippen LogP contribution is 2.27. The molecule has 0 radical (unpaired) electrons. The van der Waals surface area contributed by atoms with Crippen LogP contribution in [0.3, 0.4) is 0 Å². The molecular weight excluding hydrogens is 330 g/mol. The van der Waals surface area contributed by atoms with Gasteiger partial charge in [-0.2, -0.15) is 0 Å². The summed E-state index contributed by atoms with van der Waals surface area (Å²) in [6.45, 7) is 1.48. The Morgan fingerprint density at radius 2 is 1.71 bits per heavy atom. The lowest BCUT2D eigenvalue weighted by Gasteiger charge is -2.22. The minimum Gasteiger partial charge on any atom is -0.399 e. The zero-order valence-corrected chi connectivity index (χ0v) is 13.5. The number of fused-ring (bicyclic) bond motifs is 1. The van der Waals surface area contributed by atoms with Crippen molar-refractivity contribution in [1.29, 1.82) is 0 Å². The van der Waals surface area contributed by atoms with E-state index in [2.05, 4.69) is 5.32 Å². The minimum atomic E-state index is -0.991. The fraction of sp³-hybridized carbons (Fsp3) is 0.118. The third-order valence-corrected chi connectivity index (χ3v) is 4.17. The summed E-state index contributed by atoms with van der Waals surface area (Å²) >= 11 is 6.02. The SMILES string of the molecule is CC(C(=O)Nc1cc(N)ccc1Cl)N1C(=O)c2ccccc2C1=O. The van der Waals surface area contributed by atoms with E-state index >= 15 is 0 Å². The fourth-order valence-electron chi connectivity index (χ4n) is 2.55. The van der Waals surface area contributed by atoms with Gasteiger partial charge in [0.1, 0.15) is 6.04 Å². The zero-order chi connectivity index (χ0) is 17.4. The van der Waals surface area contributed by atoms with Crippen LogP contribution in [0.1, 0.15) is 27.6 Å². The average molecular weight is 344 g/mol. The number of imide groups is 1. The van der Waals surface area contributed by atoms with Crippen LogP contribution in [0.2, 0.25) is 5.02 Å². The summed E-state index contributed by atoms with van der Waals surface area (Å²) in [4.78, 5) is 38.2. The van der Waals surface area contributed by atoms with E-state index in [-0.39, 0.29) is 0 Å². The molecule has 7 heteroatoms. The Morgan fingerprint density at radius 1 is 1.12 bits per heavy atom. The molecule has 1 heterocycles. The van der Waals surface area contributed by atoms with Gasteiger partial charge < -0.3 is 11.1 Å². The van der Waals surface area contributed by atoms with Gasteiger partial charge in [-0.05, 0) is 37.3 Å².